The van der Waals surface area contributed by atoms with E-state index in [4.69, 9.17) is 4.74 Å². The van der Waals surface area contributed by atoms with E-state index in [1.54, 1.807) is 0 Å². The zero-order chi connectivity index (χ0) is 11.8. The highest BCUT2D eigenvalue weighted by atomic mass is 32.2. The molecule has 0 saturated heterocycles. The second-order valence-corrected chi connectivity index (χ2v) is 5.34. The number of thioether (sulfide) groups is 1. The summed E-state index contributed by atoms with van der Waals surface area (Å²) in [6, 6.07) is 0. The standard InChI is InChI=1S/C13H22O2S/c1-3-12(13(14)15-2)8-9-16-10-11-6-4-5-7-11/h8,11H,3-7,9-10H2,1-2H3. The number of rotatable bonds is 6. The van der Waals surface area contributed by atoms with Gasteiger partial charge in [-0.15, -0.1) is 0 Å². The van der Waals surface area contributed by atoms with Crippen molar-refractivity contribution in [2.45, 2.75) is 39.0 Å². The molecule has 3 heteroatoms. The summed E-state index contributed by atoms with van der Waals surface area (Å²) >= 11 is 1.94. The fourth-order valence-corrected chi connectivity index (χ4v) is 3.20. The molecule has 0 heterocycles. The Morgan fingerprint density at radius 2 is 2.12 bits per heavy atom. The van der Waals surface area contributed by atoms with Crippen molar-refractivity contribution in [1.29, 1.82) is 0 Å². The first kappa shape index (κ1) is 13.6. The molecule has 0 amide bonds. The van der Waals surface area contributed by atoms with Crippen LogP contribution in [-0.2, 0) is 9.53 Å². The molecule has 2 nitrogen and oxygen atoms in total. The highest BCUT2D eigenvalue weighted by Crippen LogP contribution is 2.27. The van der Waals surface area contributed by atoms with E-state index in [-0.39, 0.29) is 5.97 Å². The zero-order valence-electron chi connectivity index (χ0n) is 10.3. The molecule has 0 aromatic carbocycles. The Labute approximate surface area is 103 Å². The molecule has 0 aromatic rings. The fourth-order valence-electron chi connectivity index (χ4n) is 2.07. The summed E-state index contributed by atoms with van der Waals surface area (Å²) in [5, 5.41) is 0. The Hall–Kier alpha value is -0.440. The van der Waals surface area contributed by atoms with Crippen LogP contribution in [0.15, 0.2) is 11.6 Å². The maximum absolute atomic E-state index is 11.3. The number of ether oxygens (including phenoxy) is 1. The lowest BCUT2D eigenvalue weighted by molar-refractivity contribution is -0.136. The number of carbonyl (C=O) groups excluding carboxylic acids is 1. The van der Waals surface area contributed by atoms with Crippen LogP contribution in [0.3, 0.4) is 0 Å². The second kappa shape index (κ2) is 7.77. The van der Waals surface area contributed by atoms with Gasteiger partial charge in [0.1, 0.15) is 0 Å². The molecule has 0 radical (unpaired) electrons. The van der Waals surface area contributed by atoms with Crippen LogP contribution in [-0.4, -0.2) is 24.6 Å². The largest absolute Gasteiger partial charge is 0.466 e. The average Bonchev–Trinajstić information content (AvgIpc) is 2.81. The van der Waals surface area contributed by atoms with E-state index in [9.17, 15) is 4.79 Å². The van der Waals surface area contributed by atoms with Gasteiger partial charge in [0.25, 0.3) is 0 Å². The SMILES string of the molecule is CCC(=CCSCC1CCCC1)C(=O)OC. The lowest BCUT2D eigenvalue weighted by atomic mass is 10.1. The molecule has 1 rings (SSSR count). The number of hydrogen-bond donors (Lipinski definition) is 0. The van der Waals surface area contributed by atoms with Crippen LogP contribution in [0.2, 0.25) is 0 Å². The van der Waals surface area contributed by atoms with Gasteiger partial charge in [0.05, 0.1) is 7.11 Å². The molecule has 0 spiro atoms. The van der Waals surface area contributed by atoms with Gasteiger partial charge in [0.2, 0.25) is 0 Å². The molecule has 1 fully saturated rings. The molecule has 1 saturated carbocycles. The van der Waals surface area contributed by atoms with Gasteiger partial charge in [0.15, 0.2) is 0 Å². The van der Waals surface area contributed by atoms with Gasteiger partial charge in [-0.2, -0.15) is 11.8 Å². The van der Waals surface area contributed by atoms with Crippen LogP contribution in [0.25, 0.3) is 0 Å². The number of carbonyl (C=O) groups is 1. The summed E-state index contributed by atoms with van der Waals surface area (Å²) in [6.07, 6.45) is 8.39. The highest BCUT2D eigenvalue weighted by Gasteiger charge is 2.14. The maximum Gasteiger partial charge on any atom is 0.333 e. The third-order valence-electron chi connectivity index (χ3n) is 3.10. The maximum atomic E-state index is 11.3. The molecule has 1 aliphatic carbocycles. The van der Waals surface area contributed by atoms with Crippen LogP contribution in [0.4, 0.5) is 0 Å². The topological polar surface area (TPSA) is 26.3 Å². The van der Waals surface area contributed by atoms with Crippen LogP contribution in [0, 0.1) is 5.92 Å². The van der Waals surface area contributed by atoms with E-state index in [1.807, 2.05) is 24.8 Å². The molecule has 0 N–H and O–H groups in total. The van der Waals surface area contributed by atoms with E-state index >= 15 is 0 Å². The summed E-state index contributed by atoms with van der Waals surface area (Å²) in [6.45, 7) is 1.99. The van der Waals surface area contributed by atoms with Gasteiger partial charge < -0.3 is 4.74 Å². The Kier molecular flexibility index (Phi) is 6.62. The van der Waals surface area contributed by atoms with Crippen LogP contribution in [0.1, 0.15) is 39.0 Å². The minimum absolute atomic E-state index is 0.177. The van der Waals surface area contributed by atoms with Crippen molar-refractivity contribution in [3.8, 4) is 0 Å². The number of esters is 1. The predicted molar refractivity (Wildman–Crippen MR) is 69.7 cm³/mol. The first-order valence-electron chi connectivity index (χ1n) is 6.13. The van der Waals surface area contributed by atoms with Crippen molar-refractivity contribution in [3.63, 3.8) is 0 Å². The number of hydrogen-bond acceptors (Lipinski definition) is 3. The molecule has 16 heavy (non-hydrogen) atoms. The first-order chi connectivity index (χ1) is 7.77. The van der Waals surface area contributed by atoms with E-state index < -0.39 is 0 Å². The Balaban J connectivity index is 2.20. The van der Waals surface area contributed by atoms with Crippen molar-refractivity contribution < 1.29 is 9.53 Å². The molecular weight excluding hydrogens is 220 g/mol. The molecule has 1 aliphatic rings. The van der Waals surface area contributed by atoms with Crippen molar-refractivity contribution in [1.82, 2.24) is 0 Å². The molecule has 0 aromatic heterocycles. The van der Waals surface area contributed by atoms with Gasteiger partial charge in [0, 0.05) is 11.3 Å². The fraction of sp³-hybridized carbons (Fsp3) is 0.769. The molecule has 0 bridgehead atoms. The lowest BCUT2D eigenvalue weighted by Gasteiger charge is -2.07. The zero-order valence-corrected chi connectivity index (χ0v) is 11.1. The van der Waals surface area contributed by atoms with Gasteiger partial charge in [-0.3, -0.25) is 0 Å². The van der Waals surface area contributed by atoms with E-state index in [1.165, 1.54) is 38.5 Å². The van der Waals surface area contributed by atoms with Crippen molar-refractivity contribution in [3.05, 3.63) is 11.6 Å². The monoisotopic (exact) mass is 242 g/mol. The minimum Gasteiger partial charge on any atom is -0.466 e. The summed E-state index contributed by atoms with van der Waals surface area (Å²) in [5.41, 5.74) is 0.807. The number of methoxy groups -OCH3 is 1. The van der Waals surface area contributed by atoms with Crippen molar-refractivity contribution >= 4 is 17.7 Å². The summed E-state index contributed by atoms with van der Waals surface area (Å²) < 4.78 is 4.72. The van der Waals surface area contributed by atoms with E-state index in [2.05, 4.69) is 0 Å². The average molecular weight is 242 g/mol. The van der Waals surface area contributed by atoms with Crippen LogP contribution < -0.4 is 0 Å². The normalized spacial score (nSPS) is 17.8. The molecular formula is C13H22O2S. The minimum atomic E-state index is -0.177. The van der Waals surface area contributed by atoms with Gasteiger partial charge >= 0.3 is 5.97 Å². The first-order valence-corrected chi connectivity index (χ1v) is 7.28. The van der Waals surface area contributed by atoms with Crippen molar-refractivity contribution in [2.24, 2.45) is 5.92 Å². The van der Waals surface area contributed by atoms with Gasteiger partial charge in [-0.25, -0.2) is 4.79 Å². The quantitative estimate of drug-likeness (QED) is 0.405. The third kappa shape index (κ3) is 4.60. The molecule has 0 unspecified atom stereocenters. The molecule has 0 aliphatic heterocycles. The van der Waals surface area contributed by atoms with Gasteiger partial charge in [-0.1, -0.05) is 25.8 Å². The van der Waals surface area contributed by atoms with E-state index in [0.29, 0.717) is 0 Å². The lowest BCUT2D eigenvalue weighted by Crippen LogP contribution is -2.04. The summed E-state index contributed by atoms with van der Waals surface area (Å²) in [7, 11) is 1.44. The Bertz CT molecular complexity index is 242. The third-order valence-corrected chi connectivity index (χ3v) is 4.21. The Morgan fingerprint density at radius 3 is 2.69 bits per heavy atom. The Morgan fingerprint density at radius 1 is 1.44 bits per heavy atom. The molecule has 92 valence electrons. The van der Waals surface area contributed by atoms with E-state index in [0.717, 1.165) is 23.7 Å². The molecule has 0 atom stereocenters. The van der Waals surface area contributed by atoms with Crippen molar-refractivity contribution in [2.75, 3.05) is 18.6 Å². The van der Waals surface area contributed by atoms with Crippen LogP contribution in [0.5, 0.6) is 0 Å². The van der Waals surface area contributed by atoms with Gasteiger partial charge in [-0.05, 0) is 30.9 Å². The predicted octanol–water partition coefficient (Wildman–Crippen LogP) is 3.42. The summed E-state index contributed by atoms with van der Waals surface area (Å²) in [5.74, 6) is 2.93. The highest BCUT2D eigenvalue weighted by molar-refractivity contribution is 7.99. The summed E-state index contributed by atoms with van der Waals surface area (Å²) in [4.78, 5) is 11.3. The smallest absolute Gasteiger partial charge is 0.333 e. The second-order valence-electron chi connectivity index (χ2n) is 4.26. The van der Waals surface area contributed by atoms with Crippen LogP contribution >= 0.6 is 11.8 Å².